The molecule has 0 saturated carbocycles. The van der Waals surface area contributed by atoms with Crippen molar-refractivity contribution < 1.29 is 9.47 Å². The summed E-state index contributed by atoms with van der Waals surface area (Å²) in [6.07, 6.45) is 0.980. The van der Waals surface area contributed by atoms with E-state index in [0.29, 0.717) is 0 Å². The van der Waals surface area contributed by atoms with Gasteiger partial charge in [0.15, 0.2) is 0 Å². The molecule has 1 aromatic carbocycles. The van der Waals surface area contributed by atoms with Crippen LogP contribution in [-0.4, -0.2) is 14.2 Å². The summed E-state index contributed by atoms with van der Waals surface area (Å²) >= 11 is 8.33. The van der Waals surface area contributed by atoms with Gasteiger partial charge in [0.2, 0.25) is 0 Å². The van der Waals surface area contributed by atoms with E-state index in [4.69, 9.17) is 21.1 Å². The number of halogens is 1. The number of benzene rings is 1. The van der Waals surface area contributed by atoms with Crippen molar-refractivity contribution in [3.05, 3.63) is 45.6 Å². The van der Waals surface area contributed by atoms with Crippen molar-refractivity contribution in [1.82, 2.24) is 0 Å². The summed E-state index contributed by atoms with van der Waals surface area (Å²) in [4.78, 5) is 1.18. The molecule has 1 atom stereocenters. The summed E-state index contributed by atoms with van der Waals surface area (Å²) in [5.41, 5.74) is 2.23. The molecule has 0 fully saturated rings. The molecule has 0 aliphatic carbocycles. The Bertz CT molecular complexity index is 551. The molecular formula is C15H17ClO2S. The number of rotatable bonds is 5. The van der Waals surface area contributed by atoms with Crippen molar-refractivity contribution >= 4 is 22.9 Å². The molecule has 4 heteroatoms. The molecule has 0 radical (unpaired) electrons. The summed E-state index contributed by atoms with van der Waals surface area (Å²) < 4.78 is 10.7. The van der Waals surface area contributed by atoms with Crippen LogP contribution in [0.3, 0.4) is 0 Å². The molecule has 0 N–H and O–H groups in total. The van der Waals surface area contributed by atoms with Gasteiger partial charge in [-0.05, 0) is 41.6 Å². The van der Waals surface area contributed by atoms with E-state index in [2.05, 4.69) is 18.4 Å². The number of ether oxygens (including phenoxy) is 2. The normalized spacial score (nSPS) is 12.2. The molecule has 0 aliphatic heterocycles. The first-order valence-corrected chi connectivity index (χ1v) is 7.45. The lowest BCUT2D eigenvalue weighted by molar-refractivity contribution is 0.399. The zero-order valence-corrected chi connectivity index (χ0v) is 12.8. The van der Waals surface area contributed by atoms with E-state index in [1.165, 1.54) is 10.4 Å². The third-order valence-electron chi connectivity index (χ3n) is 3.10. The van der Waals surface area contributed by atoms with Gasteiger partial charge in [0.05, 0.1) is 19.6 Å². The Hall–Kier alpha value is -1.19. The van der Waals surface area contributed by atoms with Crippen LogP contribution in [-0.2, 0) is 6.42 Å². The lowest BCUT2D eigenvalue weighted by Gasteiger charge is -2.15. The average Bonchev–Trinajstić information content (AvgIpc) is 2.94. The van der Waals surface area contributed by atoms with Crippen LogP contribution in [0.25, 0.3) is 0 Å². The van der Waals surface area contributed by atoms with Crippen molar-refractivity contribution in [1.29, 1.82) is 0 Å². The van der Waals surface area contributed by atoms with Crippen LogP contribution in [0.2, 0.25) is 0 Å². The first kappa shape index (κ1) is 14.2. The Kier molecular flexibility index (Phi) is 4.72. The Balaban J connectivity index is 2.45. The quantitative estimate of drug-likeness (QED) is 0.747. The molecule has 0 bridgehead atoms. The number of hydrogen-bond donors (Lipinski definition) is 0. The third-order valence-corrected chi connectivity index (χ3v) is 4.71. The molecule has 1 heterocycles. The molecule has 1 aromatic heterocycles. The van der Waals surface area contributed by atoms with Gasteiger partial charge >= 0.3 is 0 Å². The zero-order valence-electron chi connectivity index (χ0n) is 11.3. The van der Waals surface area contributed by atoms with Gasteiger partial charge in [0, 0.05) is 10.4 Å². The number of hydrogen-bond acceptors (Lipinski definition) is 3. The van der Waals surface area contributed by atoms with E-state index >= 15 is 0 Å². The zero-order chi connectivity index (χ0) is 13.8. The lowest BCUT2D eigenvalue weighted by atomic mass is 10.1. The molecule has 19 heavy (non-hydrogen) atoms. The van der Waals surface area contributed by atoms with E-state index in [-0.39, 0.29) is 5.38 Å². The van der Waals surface area contributed by atoms with Crippen LogP contribution >= 0.6 is 22.9 Å². The van der Waals surface area contributed by atoms with Crippen LogP contribution < -0.4 is 9.47 Å². The highest BCUT2D eigenvalue weighted by atomic mass is 35.5. The SMILES string of the molecule is CCc1ccsc1C(Cl)c1cc(OC)ccc1OC. The molecule has 102 valence electrons. The first-order chi connectivity index (χ1) is 9.21. The molecule has 1 unspecified atom stereocenters. The van der Waals surface area contributed by atoms with Crippen LogP contribution in [0, 0.1) is 0 Å². The van der Waals surface area contributed by atoms with Gasteiger partial charge in [0.25, 0.3) is 0 Å². The summed E-state index contributed by atoms with van der Waals surface area (Å²) in [7, 11) is 3.31. The molecule has 2 nitrogen and oxygen atoms in total. The van der Waals surface area contributed by atoms with Gasteiger partial charge in [-0.15, -0.1) is 22.9 Å². The van der Waals surface area contributed by atoms with E-state index in [1.807, 2.05) is 18.2 Å². The largest absolute Gasteiger partial charge is 0.497 e. The van der Waals surface area contributed by atoms with Gasteiger partial charge in [0.1, 0.15) is 11.5 Å². The average molecular weight is 297 g/mol. The van der Waals surface area contributed by atoms with E-state index in [9.17, 15) is 0 Å². The minimum Gasteiger partial charge on any atom is -0.497 e. The van der Waals surface area contributed by atoms with Crippen molar-refractivity contribution in [2.75, 3.05) is 14.2 Å². The van der Waals surface area contributed by atoms with Crippen molar-refractivity contribution in [2.45, 2.75) is 18.7 Å². The Labute approximate surface area is 122 Å². The smallest absolute Gasteiger partial charge is 0.124 e. The summed E-state index contributed by atoms with van der Waals surface area (Å²) in [5, 5.41) is 1.87. The minimum atomic E-state index is -0.208. The standard InChI is InChI=1S/C15H17ClO2S/c1-4-10-7-8-19-15(10)14(16)12-9-11(17-2)5-6-13(12)18-3/h5-9,14H,4H2,1-3H3. The Morgan fingerprint density at radius 1 is 1.21 bits per heavy atom. The highest BCUT2D eigenvalue weighted by Crippen LogP contribution is 2.40. The molecule has 0 aliphatic rings. The van der Waals surface area contributed by atoms with E-state index in [1.54, 1.807) is 25.6 Å². The monoisotopic (exact) mass is 296 g/mol. The van der Waals surface area contributed by atoms with Crippen molar-refractivity contribution in [3.8, 4) is 11.5 Å². The fraction of sp³-hybridized carbons (Fsp3) is 0.333. The van der Waals surface area contributed by atoms with Crippen LogP contribution in [0.1, 0.15) is 28.3 Å². The fourth-order valence-electron chi connectivity index (χ4n) is 2.04. The van der Waals surface area contributed by atoms with Gasteiger partial charge in [-0.25, -0.2) is 0 Å². The molecule has 0 amide bonds. The van der Waals surface area contributed by atoms with Crippen molar-refractivity contribution in [3.63, 3.8) is 0 Å². The highest BCUT2D eigenvalue weighted by Gasteiger charge is 2.20. The van der Waals surface area contributed by atoms with Crippen LogP contribution in [0.4, 0.5) is 0 Å². The molecular weight excluding hydrogens is 280 g/mol. The third kappa shape index (κ3) is 2.88. The van der Waals surface area contributed by atoms with E-state index < -0.39 is 0 Å². The highest BCUT2D eigenvalue weighted by molar-refractivity contribution is 7.10. The lowest BCUT2D eigenvalue weighted by Crippen LogP contribution is -1.99. The molecule has 2 rings (SSSR count). The minimum absolute atomic E-state index is 0.208. The van der Waals surface area contributed by atoms with Gasteiger partial charge < -0.3 is 9.47 Å². The number of methoxy groups -OCH3 is 2. The number of alkyl halides is 1. The predicted octanol–water partition coefficient (Wildman–Crippen LogP) is 4.66. The number of thiophene rings is 1. The topological polar surface area (TPSA) is 18.5 Å². The maximum atomic E-state index is 6.64. The summed E-state index contributed by atoms with van der Waals surface area (Å²) in [6, 6.07) is 7.83. The van der Waals surface area contributed by atoms with Crippen molar-refractivity contribution in [2.24, 2.45) is 0 Å². The summed E-state index contributed by atoms with van der Waals surface area (Å²) in [5.74, 6) is 1.58. The van der Waals surface area contributed by atoms with Crippen LogP contribution in [0.15, 0.2) is 29.6 Å². The second kappa shape index (κ2) is 6.31. The number of aryl methyl sites for hydroxylation is 1. The first-order valence-electron chi connectivity index (χ1n) is 6.13. The van der Waals surface area contributed by atoms with Crippen LogP contribution in [0.5, 0.6) is 11.5 Å². The second-order valence-corrected chi connectivity index (χ2v) is 5.52. The molecule has 2 aromatic rings. The fourth-order valence-corrected chi connectivity index (χ4v) is 3.49. The van der Waals surface area contributed by atoms with Gasteiger partial charge in [-0.2, -0.15) is 0 Å². The molecule has 0 spiro atoms. The van der Waals surface area contributed by atoms with Gasteiger partial charge in [-0.1, -0.05) is 6.92 Å². The predicted molar refractivity (Wildman–Crippen MR) is 80.9 cm³/mol. The Morgan fingerprint density at radius 2 is 2.00 bits per heavy atom. The maximum Gasteiger partial charge on any atom is 0.124 e. The summed E-state index contributed by atoms with van der Waals surface area (Å²) in [6.45, 7) is 2.14. The van der Waals surface area contributed by atoms with Gasteiger partial charge in [-0.3, -0.25) is 0 Å². The van der Waals surface area contributed by atoms with E-state index in [0.717, 1.165) is 23.5 Å². The molecule has 0 saturated heterocycles. The Morgan fingerprint density at radius 3 is 2.63 bits per heavy atom. The second-order valence-electron chi connectivity index (χ2n) is 4.13. The maximum absolute atomic E-state index is 6.64.